The summed E-state index contributed by atoms with van der Waals surface area (Å²) in [6, 6.07) is 3.44. The van der Waals surface area contributed by atoms with E-state index in [0.717, 1.165) is 36.3 Å². The highest BCUT2D eigenvalue weighted by Crippen LogP contribution is 2.34. The topological polar surface area (TPSA) is 80.0 Å². The van der Waals surface area contributed by atoms with Gasteiger partial charge in [0.15, 0.2) is 5.13 Å². The van der Waals surface area contributed by atoms with Crippen LogP contribution in [0.5, 0.6) is 0 Å². The van der Waals surface area contributed by atoms with Crippen molar-refractivity contribution in [2.75, 3.05) is 11.1 Å². The number of hydrogen-bond acceptors (Lipinski definition) is 6. The highest BCUT2D eigenvalue weighted by atomic mass is 32.1. The summed E-state index contributed by atoms with van der Waals surface area (Å²) in [7, 11) is 0. The van der Waals surface area contributed by atoms with Gasteiger partial charge in [0.05, 0.1) is 5.56 Å². The molecule has 4 N–H and O–H groups in total. The number of anilines is 2. The van der Waals surface area contributed by atoms with Gasteiger partial charge in [0.25, 0.3) is 0 Å². The number of rotatable bonds is 4. The SMILES string of the molecule is CC1(C)CC(Nc2nc(N)c(C(=O)c3c(F)cccc3F)s2)CC(C)(C)N1. The average Bonchev–Trinajstić information content (AvgIpc) is 2.84. The molecule has 0 radical (unpaired) electrons. The average molecular weight is 394 g/mol. The Labute approximate surface area is 161 Å². The molecule has 1 saturated heterocycles. The minimum absolute atomic E-state index is 0.0254. The smallest absolute Gasteiger partial charge is 0.212 e. The van der Waals surface area contributed by atoms with Gasteiger partial charge >= 0.3 is 0 Å². The van der Waals surface area contributed by atoms with Crippen LogP contribution in [0.1, 0.15) is 55.8 Å². The Morgan fingerprint density at radius 1 is 1.22 bits per heavy atom. The molecular weight excluding hydrogens is 370 g/mol. The summed E-state index contributed by atoms with van der Waals surface area (Å²) in [6.45, 7) is 8.53. The number of nitrogens with one attached hydrogen (secondary N) is 2. The van der Waals surface area contributed by atoms with Crippen molar-refractivity contribution in [2.45, 2.75) is 57.7 Å². The summed E-state index contributed by atoms with van der Waals surface area (Å²) < 4.78 is 27.9. The van der Waals surface area contributed by atoms with Crippen LogP contribution in [0.25, 0.3) is 0 Å². The van der Waals surface area contributed by atoms with E-state index in [9.17, 15) is 13.6 Å². The molecule has 5 nitrogen and oxygen atoms in total. The van der Waals surface area contributed by atoms with Crippen molar-refractivity contribution in [3.8, 4) is 0 Å². The summed E-state index contributed by atoms with van der Waals surface area (Å²) >= 11 is 1.02. The third-order valence-corrected chi connectivity index (χ3v) is 5.57. The maximum absolute atomic E-state index is 13.9. The number of ketones is 1. The second kappa shape index (κ2) is 6.83. The lowest BCUT2D eigenvalue weighted by atomic mass is 9.80. The van der Waals surface area contributed by atoms with Crippen LogP contribution < -0.4 is 16.4 Å². The zero-order chi connectivity index (χ0) is 20.0. The number of piperidine rings is 1. The maximum Gasteiger partial charge on any atom is 0.212 e. The first kappa shape index (κ1) is 19.7. The van der Waals surface area contributed by atoms with E-state index in [1.54, 1.807) is 0 Å². The molecule has 0 aliphatic carbocycles. The quantitative estimate of drug-likeness (QED) is 0.684. The van der Waals surface area contributed by atoms with E-state index in [2.05, 4.69) is 43.3 Å². The maximum atomic E-state index is 13.9. The summed E-state index contributed by atoms with van der Waals surface area (Å²) in [6.07, 6.45) is 1.72. The summed E-state index contributed by atoms with van der Waals surface area (Å²) in [5.41, 5.74) is 5.15. The van der Waals surface area contributed by atoms with Crippen molar-refractivity contribution in [2.24, 2.45) is 0 Å². The molecule has 1 aliphatic heterocycles. The molecule has 0 spiro atoms. The number of nitrogens with zero attached hydrogens (tertiary/aromatic N) is 1. The number of benzene rings is 1. The Morgan fingerprint density at radius 3 is 2.33 bits per heavy atom. The molecule has 1 fully saturated rings. The van der Waals surface area contributed by atoms with E-state index in [1.165, 1.54) is 6.07 Å². The molecule has 0 saturated carbocycles. The van der Waals surface area contributed by atoms with E-state index in [1.807, 2.05) is 0 Å². The van der Waals surface area contributed by atoms with Crippen molar-refractivity contribution < 1.29 is 13.6 Å². The number of thiazole rings is 1. The number of carbonyl (C=O) groups is 1. The van der Waals surface area contributed by atoms with Gasteiger partial charge in [-0.25, -0.2) is 13.8 Å². The first-order chi connectivity index (χ1) is 12.5. The zero-order valence-corrected chi connectivity index (χ0v) is 16.6. The highest BCUT2D eigenvalue weighted by molar-refractivity contribution is 7.18. The molecule has 1 aliphatic rings. The number of nitrogens with two attached hydrogens (primary N) is 1. The predicted molar refractivity (Wildman–Crippen MR) is 104 cm³/mol. The van der Waals surface area contributed by atoms with Crippen molar-refractivity contribution in [1.82, 2.24) is 10.3 Å². The third-order valence-electron chi connectivity index (χ3n) is 4.57. The van der Waals surface area contributed by atoms with Gasteiger partial charge in [0, 0.05) is 17.1 Å². The zero-order valence-electron chi connectivity index (χ0n) is 15.8. The van der Waals surface area contributed by atoms with E-state index in [4.69, 9.17) is 5.73 Å². The minimum Gasteiger partial charge on any atom is -0.382 e. The van der Waals surface area contributed by atoms with Crippen LogP contribution in [0.15, 0.2) is 18.2 Å². The second-order valence-electron chi connectivity index (χ2n) is 8.30. The Morgan fingerprint density at radius 2 is 1.78 bits per heavy atom. The Hall–Kier alpha value is -2.06. The molecule has 27 heavy (non-hydrogen) atoms. The van der Waals surface area contributed by atoms with Gasteiger partial charge in [-0.15, -0.1) is 0 Å². The molecule has 1 aromatic carbocycles. The van der Waals surface area contributed by atoms with Crippen LogP contribution >= 0.6 is 11.3 Å². The van der Waals surface area contributed by atoms with E-state index in [0.29, 0.717) is 5.13 Å². The summed E-state index contributed by atoms with van der Waals surface area (Å²) in [5.74, 6) is -2.64. The molecule has 0 atom stereocenters. The standard InChI is InChI=1S/C19H24F2N4OS/c1-18(2)8-10(9-19(3,4)25-18)23-17-24-16(22)15(27-17)14(26)13-11(20)6-5-7-12(13)21/h5-7,10,25H,8-9,22H2,1-4H3,(H,23,24). The lowest BCUT2D eigenvalue weighted by Crippen LogP contribution is -2.60. The molecular formula is C19H24F2N4OS. The van der Waals surface area contributed by atoms with E-state index < -0.39 is 23.0 Å². The van der Waals surface area contributed by atoms with Gasteiger partial charge in [-0.2, -0.15) is 0 Å². The highest BCUT2D eigenvalue weighted by Gasteiger charge is 2.38. The number of halogens is 2. The van der Waals surface area contributed by atoms with Crippen molar-refractivity contribution in [1.29, 1.82) is 0 Å². The fraction of sp³-hybridized carbons (Fsp3) is 0.474. The van der Waals surface area contributed by atoms with Crippen molar-refractivity contribution >= 4 is 28.1 Å². The molecule has 146 valence electrons. The normalized spacial score (nSPS) is 19.0. The van der Waals surface area contributed by atoms with Crippen LogP contribution in [0.2, 0.25) is 0 Å². The Kier molecular flexibility index (Phi) is 4.98. The number of hydrogen-bond donors (Lipinski definition) is 3. The number of nitrogen functional groups attached to an aromatic ring is 1. The van der Waals surface area contributed by atoms with Crippen LogP contribution in [0, 0.1) is 11.6 Å². The van der Waals surface area contributed by atoms with Gasteiger partial charge in [0.1, 0.15) is 22.3 Å². The fourth-order valence-corrected chi connectivity index (χ4v) is 4.89. The van der Waals surface area contributed by atoms with Gasteiger partial charge in [-0.1, -0.05) is 17.4 Å². The van der Waals surface area contributed by atoms with Crippen molar-refractivity contribution in [3.63, 3.8) is 0 Å². The van der Waals surface area contributed by atoms with Gasteiger partial charge in [0.2, 0.25) is 5.78 Å². The van der Waals surface area contributed by atoms with Crippen LogP contribution in [-0.2, 0) is 0 Å². The second-order valence-corrected chi connectivity index (χ2v) is 9.30. The van der Waals surface area contributed by atoms with E-state index >= 15 is 0 Å². The van der Waals surface area contributed by atoms with Crippen molar-refractivity contribution in [3.05, 3.63) is 40.3 Å². The monoisotopic (exact) mass is 394 g/mol. The lowest BCUT2D eigenvalue weighted by molar-refractivity contribution is 0.103. The molecule has 3 rings (SSSR count). The summed E-state index contributed by atoms with van der Waals surface area (Å²) in [4.78, 5) is 16.8. The van der Waals surface area contributed by atoms with E-state index in [-0.39, 0.29) is 27.8 Å². The molecule has 8 heteroatoms. The van der Waals surface area contributed by atoms with Gasteiger partial charge < -0.3 is 16.4 Å². The third kappa shape index (κ3) is 4.27. The molecule has 0 bridgehead atoms. The molecule has 2 aromatic rings. The van der Waals surface area contributed by atoms with Crippen LogP contribution in [0.4, 0.5) is 19.7 Å². The first-order valence-electron chi connectivity index (χ1n) is 8.78. The Balaban J connectivity index is 1.84. The molecule has 2 heterocycles. The summed E-state index contributed by atoms with van der Waals surface area (Å²) in [5, 5.41) is 7.41. The van der Waals surface area contributed by atoms with Gasteiger partial charge in [-0.05, 0) is 52.7 Å². The van der Waals surface area contributed by atoms with Crippen LogP contribution in [0.3, 0.4) is 0 Å². The largest absolute Gasteiger partial charge is 0.382 e. The molecule has 0 amide bonds. The molecule has 1 aromatic heterocycles. The molecule has 0 unspecified atom stereocenters. The fourth-order valence-electron chi connectivity index (χ4n) is 3.98. The lowest BCUT2D eigenvalue weighted by Gasteiger charge is -2.46. The van der Waals surface area contributed by atoms with Gasteiger partial charge in [-0.3, -0.25) is 4.79 Å². The minimum atomic E-state index is -0.913. The Bertz CT molecular complexity index is 842. The van der Waals surface area contributed by atoms with Crippen LogP contribution in [-0.4, -0.2) is 27.9 Å². The number of aromatic nitrogens is 1. The first-order valence-corrected chi connectivity index (χ1v) is 9.60. The predicted octanol–water partition coefficient (Wildman–Crippen LogP) is 3.96. The number of carbonyl (C=O) groups excluding carboxylic acids is 1.